The maximum atomic E-state index is 12.5. The van der Waals surface area contributed by atoms with E-state index in [2.05, 4.69) is 20.7 Å². The largest absolute Gasteiger partial charge is 0.242 e. The van der Waals surface area contributed by atoms with Crippen LogP contribution in [0.4, 0.5) is 0 Å². The molecular weight excluding hydrogens is 378 g/mol. The number of aryl methyl sites for hydroxylation is 2. The molecule has 0 bridgehead atoms. The van der Waals surface area contributed by atoms with Gasteiger partial charge in [0.15, 0.2) is 0 Å². The van der Waals surface area contributed by atoms with Crippen molar-refractivity contribution in [3.8, 4) is 0 Å². The minimum Gasteiger partial charge on any atom is -0.207 e. The number of sulfonamides is 1. The molecule has 1 N–H and O–H groups in total. The van der Waals surface area contributed by atoms with Crippen molar-refractivity contribution in [1.82, 2.24) is 4.72 Å². The fourth-order valence-electron chi connectivity index (χ4n) is 2.56. The van der Waals surface area contributed by atoms with E-state index in [9.17, 15) is 8.42 Å². The summed E-state index contributed by atoms with van der Waals surface area (Å²) in [5.74, 6) is 0. The number of hydrogen-bond donors (Lipinski definition) is 1. The molecule has 0 radical (unpaired) electrons. The smallest absolute Gasteiger partial charge is 0.207 e. The zero-order valence-corrected chi connectivity index (χ0v) is 14.9. The van der Waals surface area contributed by atoms with Gasteiger partial charge < -0.3 is 0 Å². The number of fused-ring (bicyclic) bond motifs is 1. The Morgan fingerprint density at radius 1 is 1.45 bits per heavy atom. The summed E-state index contributed by atoms with van der Waals surface area (Å²) >= 11 is 6.51. The fourth-order valence-corrected chi connectivity index (χ4v) is 7.21. The van der Waals surface area contributed by atoms with E-state index in [0.717, 1.165) is 33.5 Å². The third kappa shape index (κ3) is 2.74. The lowest BCUT2D eigenvalue weighted by atomic mass is 9.95. The first-order valence-electron chi connectivity index (χ1n) is 6.32. The minimum absolute atomic E-state index is 0.0897. The predicted molar refractivity (Wildman–Crippen MR) is 87.1 cm³/mol. The second-order valence-corrected chi connectivity index (χ2v) is 10.2. The van der Waals surface area contributed by atoms with Crippen molar-refractivity contribution in [2.45, 2.75) is 37.1 Å². The number of thiophene rings is 2. The number of halogens is 1. The van der Waals surface area contributed by atoms with Gasteiger partial charge in [0, 0.05) is 15.8 Å². The first kappa shape index (κ1) is 14.7. The van der Waals surface area contributed by atoms with Crippen LogP contribution >= 0.6 is 38.6 Å². The average molecular weight is 392 g/mol. The molecule has 3 rings (SSSR count). The molecule has 2 aromatic rings. The van der Waals surface area contributed by atoms with Crippen molar-refractivity contribution in [2.75, 3.05) is 0 Å². The predicted octanol–water partition coefficient (Wildman–Crippen LogP) is 4.24. The molecule has 0 aromatic carbocycles. The highest BCUT2D eigenvalue weighted by molar-refractivity contribution is 9.11. The summed E-state index contributed by atoms with van der Waals surface area (Å²) in [5.41, 5.74) is 1.15. The molecule has 1 atom stereocenters. The van der Waals surface area contributed by atoms with Crippen LogP contribution in [0.2, 0.25) is 0 Å². The van der Waals surface area contributed by atoms with Crippen LogP contribution in [0.3, 0.4) is 0 Å². The van der Waals surface area contributed by atoms with Crippen LogP contribution in [-0.4, -0.2) is 8.42 Å². The van der Waals surface area contributed by atoms with Crippen LogP contribution in [0.15, 0.2) is 26.2 Å². The van der Waals surface area contributed by atoms with E-state index in [4.69, 9.17) is 0 Å². The molecule has 0 spiro atoms. The van der Waals surface area contributed by atoms with E-state index in [0.29, 0.717) is 4.90 Å². The Bertz CT molecular complexity index is 733. The topological polar surface area (TPSA) is 46.2 Å². The Morgan fingerprint density at radius 3 is 2.95 bits per heavy atom. The molecule has 0 saturated heterocycles. The summed E-state index contributed by atoms with van der Waals surface area (Å²) in [6, 6.07) is 3.63. The van der Waals surface area contributed by atoms with E-state index in [1.807, 2.05) is 18.4 Å². The van der Waals surface area contributed by atoms with Gasteiger partial charge in [-0.2, -0.15) is 0 Å². The first-order valence-corrected chi connectivity index (χ1v) is 10.3. The monoisotopic (exact) mass is 391 g/mol. The van der Waals surface area contributed by atoms with Gasteiger partial charge >= 0.3 is 0 Å². The van der Waals surface area contributed by atoms with Crippen molar-refractivity contribution in [3.63, 3.8) is 0 Å². The van der Waals surface area contributed by atoms with Gasteiger partial charge in [-0.25, -0.2) is 13.1 Å². The normalized spacial score (nSPS) is 19.0. The van der Waals surface area contributed by atoms with Gasteiger partial charge in [0.1, 0.15) is 0 Å². The Morgan fingerprint density at radius 2 is 2.25 bits per heavy atom. The molecule has 0 amide bonds. The van der Waals surface area contributed by atoms with Gasteiger partial charge in [-0.1, -0.05) is 0 Å². The fraction of sp³-hybridized carbons (Fsp3) is 0.385. The number of rotatable bonds is 3. The van der Waals surface area contributed by atoms with Crippen LogP contribution in [-0.2, 0) is 16.4 Å². The quantitative estimate of drug-likeness (QED) is 0.850. The van der Waals surface area contributed by atoms with Crippen LogP contribution in [0.25, 0.3) is 0 Å². The molecule has 20 heavy (non-hydrogen) atoms. The number of nitrogens with one attached hydrogen (secondary N) is 1. The zero-order chi connectivity index (χ0) is 14.3. The summed E-state index contributed by atoms with van der Waals surface area (Å²) in [5, 5.41) is 2.05. The third-order valence-electron chi connectivity index (χ3n) is 3.48. The van der Waals surface area contributed by atoms with Crippen LogP contribution in [0.5, 0.6) is 0 Å². The minimum atomic E-state index is -3.46. The molecule has 2 aromatic heterocycles. The lowest BCUT2D eigenvalue weighted by molar-refractivity contribution is 0.511. The Labute approximate surface area is 135 Å². The van der Waals surface area contributed by atoms with Crippen molar-refractivity contribution >= 4 is 48.6 Å². The summed E-state index contributed by atoms with van der Waals surface area (Å²) in [7, 11) is -3.46. The molecule has 1 aliphatic rings. The molecule has 0 aliphatic heterocycles. The second-order valence-electron chi connectivity index (χ2n) is 4.84. The Hall–Kier alpha value is -0.210. The second kappa shape index (κ2) is 5.53. The standard InChI is InChI=1S/C13H14BrNO2S3/c1-8-12(7-13(14)19-8)20(16,17)15-10-3-2-4-11-9(10)5-6-18-11/h5-7,10,15H,2-4H2,1H3. The van der Waals surface area contributed by atoms with Crippen molar-refractivity contribution in [3.05, 3.63) is 36.6 Å². The highest BCUT2D eigenvalue weighted by Gasteiger charge is 2.28. The van der Waals surface area contributed by atoms with E-state index in [-0.39, 0.29) is 6.04 Å². The Kier molecular flexibility index (Phi) is 4.07. The molecule has 1 unspecified atom stereocenters. The molecule has 108 valence electrons. The van der Waals surface area contributed by atoms with Crippen molar-refractivity contribution in [1.29, 1.82) is 0 Å². The summed E-state index contributed by atoms with van der Waals surface area (Å²) in [6.45, 7) is 1.83. The summed E-state index contributed by atoms with van der Waals surface area (Å²) < 4.78 is 28.8. The van der Waals surface area contributed by atoms with Gasteiger partial charge in [0.25, 0.3) is 0 Å². The maximum Gasteiger partial charge on any atom is 0.242 e. The van der Waals surface area contributed by atoms with Gasteiger partial charge in [0.05, 0.1) is 8.68 Å². The highest BCUT2D eigenvalue weighted by atomic mass is 79.9. The van der Waals surface area contributed by atoms with E-state index in [1.54, 1.807) is 17.4 Å². The third-order valence-corrected chi connectivity index (χ3v) is 7.76. The summed E-state index contributed by atoms with van der Waals surface area (Å²) in [4.78, 5) is 2.51. The van der Waals surface area contributed by atoms with Crippen LogP contribution in [0, 0.1) is 6.92 Å². The van der Waals surface area contributed by atoms with Gasteiger partial charge in [0.2, 0.25) is 10.0 Å². The lowest BCUT2D eigenvalue weighted by Crippen LogP contribution is -2.30. The van der Waals surface area contributed by atoms with Crippen molar-refractivity contribution in [2.24, 2.45) is 0 Å². The molecule has 1 aliphatic carbocycles. The van der Waals surface area contributed by atoms with Gasteiger partial charge in [-0.15, -0.1) is 22.7 Å². The maximum absolute atomic E-state index is 12.5. The first-order chi connectivity index (χ1) is 9.47. The summed E-state index contributed by atoms with van der Waals surface area (Å²) in [6.07, 6.45) is 2.97. The molecule has 2 heterocycles. The van der Waals surface area contributed by atoms with E-state index in [1.165, 1.54) is 16.2 Å². The molecule has 0 saturated carbocycles. The zero-order valence-electron chi connectivity index (χ0n) is 10.8. The van der Waals surface area contributed by atoms with Crippen molar-refractivity contribution < 1.29 is 8.42 Å². The van der Waals surface area contributed by atoms with Crippen LogP contribution in [0.1, 0.15) is 34.2 Å². The average Bonchev–Trinajstić information content (AvgIpc) is 2.96. The highest BCUT2D eigenvalue weighted by Crippen LogP contribution is 2.35. The lowest BCUT2D eigenvalue weighted by Gasteiger charge is -2.23. The molecule has 3 nitrogen and oxygen atoms in total. The van der Waals surface area contributed by atoms with Gasteiger partial charge in [-0.3, -0.25) is 0 Å². The molecule has 7 heteroatoms. The Balaban J connectivity index is 1.91. The number of hydrogen-bond acceptors (Lipinski definition) is 4. The van der Waals surface area contributed by atoms with Gasteiger partial charge in [-0.05, 0) is 65.2 Å². The molecular formula is C13H14BrNO2S3. The van der Waals surface area contributed by atoms with E-state index < -0.39 is 10.0 Å². The van der Waals surface area contributed by atoms with E-state index >= 15 is 0 Å². The van der Waals surface area contributed by atoms with Crippen LogP contribution < -0.4 is 4.72 Å². The molecule has 0 fully saturated rings. The SMILES string of the molecule is Cc1sc(Br)cc1S(=O)(=O)NC1CCCc2sccc21.